The number of nitro groups is 1. The molecule has 6 heteroatoms. The molecule has 0 aliphatic carbocycles. The Balaban J connectivity index is 0.000000673. The van der Waals surface area contributed by atoms with Crippen LogP contribution in [0.4, 0.5) is 5.69 Å². The summed E-state index contributed by atoms with van der Waals surface area (Å²) >= 11 is 0. The molecule has 0 fully saturated rings. The Kier molecular flexibility index (Phi) is 5.08. The summed E-state index contributed by atoms with van der Waals surface area (Å²) < 4.78 is 0. The maximum Gasteiger partial charge on any atom is 0.273 e. The molecule has 0 aliphatic rings. The van der Waals surface area contributed by atoms with Gasteiger partial charge in [0, 0.05) is 11.6 Å². The molecule has 0 aliphatic heterocycles. The summed E-state index contributed by atoms with van der Waals surface area (Å²) in [4.78, 5) is 18.5. The smallest absolute Gasteiger partial charge is 0.273 e. The van der Waals surface area contributed by atoms with Crippen molar-refractivity contribution >= 4 is 5.69 Å². The van der Waals surface area contributed by atoms with E-state index in [2.05, 4.69) is 0 Å². The molecule has 1 aromatic carbocycles. The largest absolute Gasteiger partial charge is 0.379 e. The van der Waals surface area contributed by atoms with Crippen LogP contribution in [-0.4, -0.2) is 10.1 Å². The second-order valence-corrected chi connectivity index (χ2v) is 4.11. The lowest BCUT2D eigenvalue weighted by Crippen LogP contribution is -2.13. The van der Waals surface area contributed by atoms with Crippen molar-refractivity contribution in [1.82, 2.24) is 0 Å². The van der Waals surface area contributed by atoms with Crippen LogP contribution in [0.5, 0.6) is 0 Å². The summed E-state index contributed by atoms with van der Waals surface area (Å²) in [6.07, 6.45) is 0. The third-order valence-corrected chi connectivity index (χ3v) is 1.91. The molecule has 0 spiro atoms. The number of hydrogen-bond donors (Lipinski definition) is 1. The summed E-state index contributed by atoms with van der Waals surface area (Å²) in [5, 5.41) is 18.6. The van der Waals surface area contributed by atoms with E-state index in [0.29, 0.717) is 0 Å². The molecular formula is C10H14N2O4. The van der Waals surface area contributed by atoms with Crippen molar-refractivity contribution in [2.75, 3.05) is 0 Å². The highest BCUT2D eigenvalue weighted by Gasteiger charge is 2.23. The zero-order chi connectivity index (χ0) is 12.8. The van der Waals surface area contributed by atoms with E-state index >= 15 is 0 Å². The highest BCUT2D eigenvalue weighted by Crippen LogP contribution is 2.30. The van der Waals surface area contributed by atoms with Gasteiger partial charge in [0.25, 0.3) is 5.69 Å². The molecule has 0 unspecified atom stereocenters. The van der Waals surface area contributed by atoms with Gasteiger partial charge in [-0.25, -0.2) is 0 Å². The number of nitro benzene ring substituents is 1. The maximum atomic E-state index is 10.7. The first-order chi connectivity index (χ1) is 7.34. The fraction of sp³-hybridized carbons (Fsp3) is 0.400. The standard InChI is InChI=1S/C10H13NO2.HNO2/c1-10(2,3)8-6-4-5-7-9(8)11(12)13;2-1-3/h4-7H,1-3H3;(H,2,3). The van der Waals surface area contributed by atoms with Crippen LogP contribution < -0.4 is 0 Å². The minimum atomic E-state index is -0.333. The average molecular weight is 226 g/mol. The highest BCUT2D eigenvalue weighted by molar-refractivity contribution is 5.43. The van der Waals surface area contributed by atoms with Gasteiger partial charge in [-0.05, 0) is 5.41 Å². The van der Waals surface area contributed by atoms with Crippen LogP contribution in [0.15, 0.2) is 29.6 Å². The molecule has 0 radical (unpaired) electrons. The summed E-state index contributed by atoms with van der Waals surface area (Å²) in [6, 6.07) is 6.86. The van der Waals surface area contributed by atoms with Gasteiger partial charge in [0.05, 0.1) is 4.92 Å². The third-order valence-electron chi connectivity index (χ3n) is 1.91. The zero-order valence-corrected chi connectivity index (χ0v) is 9.38. The van der Waals surface area contributed by atoms with Crippen molar-refractivity contribution in [2.24, 2.45) is 5.34 Å². The van der Waals surface area contributed by atoms with Gasteiger partial charge in [-0.15, -0.1) is 4.91 Å². The molecule has 0 aromatic heterocycles. The molecule has 0 atom stereocenters. The van der Waals surface area contributed by atoms with E-state index in [-0.39, 0.29) is 16.0 Å². The van der Waals surface area contributed by atoms with Crippen molar-refractivity contribution in [3.05, 3.63) is 44.9 Å². The van der Waals surface area contributed by atoms with Gasteiger partial charge >= 0.3 is 0 Å². The average Bonchev–Trinajstić information content (AvgIpc) is 2.17. The van der Waals surface area contributed by atoms with Crippen LogP contribution in [0.25, 0.3) is 0 Å². The van der Waals surface area contributed by atoms with E-state index in [1.807, 2.05) is 26.8 Å². The first-order valence-corrected chi connectivity index (χ1v) is 4.55. The van der Waals surface area contributed by atoms with E-state index in [4.69, 9.17) is 10.1 Å². The molecule has 0 amide bonds. The second-order valence-electron chi connectivity index (χ2n) is 4.11. The lowest BCUT2D eigenvalue weighted by molar-refractivity contribution is -0.386. The molecule has 1 N–H and O–H groups in total. The van der Waals surface area contributed by atoms with E-state index in [9.17, 15) is 10.1 Å². The third kappa shape index (κ3) is 4.04. The van der Waals surface area contributed by atoms with Crippen molar-refractivity contribution < 1.29 is 10.1 Å². The predicted octanol–water partition coefficient (Wildman–Crippen LogP) is 3.03. The molecule has 6 nitrogen and oxygen atoms in total. The quantitative estimate of drug-likeness (QED) is 0.452. The Hall–Kier alpha value is -1.98. The summed E-state index contributed by atoms with van der Waals surface area (Å²) in [5.74, 6) is 0. The highest BCUT2D eigenvalue weighted by atomic mass is 16.6. The minimum Gasteiger partial charge on any atom is -0.379 e. The second kappa shape index (κ2) is 5.79. The van der Waals surface area contributed by atoms with Crippen molar-refractivity contribution in [2.45, 2.75) is 26.2 Å². The molecule has 0 bridgehead atoms. The Morgan fingerprint density at radius 2 is 1.75 bits per heavy atom. The predicted molar refractivity (Wildman–Crippen MR) is 59.4 cm³/mol. The molecular weight excluding hydrogens is 212 g/mol. The molecule has 16 heavy (non-hydrogen) atoms. The number of benzene rings is 1. The van der Waals surface area contributed by atoms with Crippen LogP contribution in [0, 0.1) is 15.0 Å². The van der Waals surface area contributed by atoms with Crippen LogP contribution >= 0.6 is 0 Å². The topological polar surface area (TPSA) is 92.8 Å². The lowest BCUT2D eigenvalue weighted by atomic mass is 9.86. The van der Waals surface area contributed by atoms with Crippen LogP contribution in [0.3, 0.4) is 0 Å². The monoisotopic (exact) mass is 226 g/mol. The normalized spacial score (nSPS) is 9.94. The van der Waals surface area contributed by atoms with E-state index in [0.717, 1.165) is 5.56 Å². The molecule has 0 saturated heterocycles. The van der Waals surface area contributed by atoms with E-state index < -0.39 is 0 Å². The van der Waals surface area contributed by atoms with Crippen LogP contribution in [-0.2, 0) is 5.41 Å². The van der Waals surface area contributed by atoms with Crippen LogP contribution in [0.1, 0.15) is 26.3 Å². The van der Waals surface area contributed by atoms with Crippen LogP contribution in [0.2, 0.25) is 0 Å². The van der Waals surface area contributed by atoms with Gasteiger partial charge in [0.1, 0.15) is 0 Å². The van der Waals surface area contributed by atoms with E-state index in [1.165, 1.54) is 5.34 Å². The number of rotatable bonds is 1. The summed E-state index contributed by atoms with van der Waals surface area (Å²) in [7, 11) is 0. The Morgan fingerprint density at radius 3 is 2.06 bits per heavy atom. The van der Waals surface area contributed by atoms with Gasteiger partial charge in [-0.1, -0.05) is 39.0 Å². The van der Waals surface area contributed by atoms with Crippen molar-refractivity contribution in [1.29, 1.82) is 0 Å². The fourth-order valence-corrected chi connectivity index (χ4v) is 1.27. The Morgan fingerprint density at radius 1 is 1.31 bits per heavy atom. The van der Waals surface area contributed by atoms with Gasteiger partial charge < -0.3 is 5.21 Å². The Bertz CT molecular complexity index is 371. The SMILES string of the molecule is CC(C)(C)c1ccccc1[N+](=O)[O-].O=NO. The lowest BCUT2D eigenvalue weighted by Gasteiger charge is -2.18. The first kappa shape index (κ1) is 14.0. The molecule has 1 aromatic rings. The maximum absolute atomic E-state index is 10.7. The summed E-state index contributed by atoms with van der Waals surface area (Å²) in [6.45, 7) is 5.90. The van der Waals surface area contributed by atoms with E-state index in [1.54, 1.807) is 18.2 Å². The number of para-hydroxylation sites is 1. The molecule has 1 rings (SSSR count). The zero-order valence-electron chi connectivity index (χ0n) is 9.38. The molecule has 0 heterocycles. The molecule has 0 saturated carbocycles. The van der Waals surface area contributed by atoms with Gasteiger partial charge in [0.15, 0.2) is 5.34 Å². The molecule has 88 valence electrons. The number of nitrogens with zero attached hydrogens (tertiary/aromatic N) is 2. The number of hydrogen-bond acceptors (Lipinski definition) is 4. The fourth-order valence-electron chi connectivity index (χ4n) is 1.27. The van der Waals surface area contributed by atoms with Gasteiger partial charge in [-0.3, -0.25) is 10.1 Å². The first-order valence-electron chi connectivity index (χ1n) is 4.55. The summed E-state index contributed by atoms with van der Waals surface area (Å²) in [5.41, 5.74) is 0.805. The van der Waals surface area contributed by atoms with Crippen molar-refractivity contribution in [3.63, 3.8) is 0 Å². The van der Waals surface area contributed by atoms with Crippen molar-refractivity contribution in [3.8, 4) is 0 Å². The van der Waals surface area contributed by atoms with Gasteiger partial charge in [0.2, 0.25) is 0 Å². The minimum absolute atomic E-state index is 0.177. The van der Waals surface area contributed by atoms with Gasteiger partial charge in [-0.2, -0.15) is 0 Å². The Labute approximate surface area is 93.0 Å².